The molecule has 17 heavy (non-hydrogen) atoms. The topological polar surface area (TPSA) is 32.3 Å². The number of hydrogen-bond donors (Lipinski definition) is 2. The molecule has 0 aromatic heterocycles. The van der Waals surface area contributed by atoms with Gasteiger partial charge in [-0.1, -0.05) is 6.07 Å². The summed E-state index contributed by atoms with van der Waals surface area (Å²) in [5, 5.41) is 13.0. The van der Waals surface area contributed by atoms with E-state index in [-0.39, 0.29) is 16.9 Å². The first-order chi connectivity index (χ1) is 7.94. The fourth-order valence-corrected chi connectivity index (χ4v) is 2.43. The number of hydrogen-bond acceptors (Lipinski definition) is 2. The quantitative estimate of drug-likeness (QED) is 0.833. The first-order valence-corrected chi connectivity index (χ1v) is 5.81. The Hall–Kier alpha value is -1.16. The van der Waals surface area contributed by atoms with Crippen molar-refractivity contribution in [2.45, 2.75) is 38.7 Å². The van der Waals surface area contributed by atoms with Crippen molar-refractivity contribution in [1.82, 2.24) is 5.32 Å². The van der Waals surface area contributed by atoms with E-state index in [1.54, 1.807) is 13.0 Å². The molecule has 0 spiro atoms. The summed E-state index contributed by atoms with van der Waals surface area (Å²) >= 11 is 0. The molecule has 1 fully saturated rings. The lowest BCUT2D eigenvalue weighted by molar-refractivity contribution is 0.147. The molecule has 1 heterocycles. The van der Waals surface area contributed by atoms with Gasteiger partial charge in [0.2, 0.25) is 0 Å². The molecule has 2 nitrogen and oxygen atoms in total. The molecule has 94 valence electrons. The van der Waals surface area contributed by atoms with Crippen LogP contribution in [-0.2, 0) is 5.54 Å². The minimum atomic E-state index is -2.64. The van der Waals surface area contributed by atoms with Gasteiger partial charge in [0.1, 0.15) is 5.75 Å². The van der Waals surface area contributed by atoms with Crippen molar-refractivity contribution in [3.8, 4) is 5.75 Å². The second-order valence-corrected chi connectivity index (χ2v) is 4.89. The van der Waals surface area contributed by atoms with E-state index in [4.69, 9.17) is 0 Å². The van der Waals surface area contributed by atoms with Gasteiger partial charge in [0.15, 0.2) is 0 Å². The monoisotopic (exact) mass is 241 g/mol. The number of nitrogens with one attached hydrogen (secondary N) is 1. The number of phenols is 1. The molecule has 1 atom stereocenters. The molecule has 1 aliphatic heterocycles. The average molecular weight is 241 g/mol. The Morgan fingerprint density at radius 1 is 1.41 bits per heavy atom. The SMILES string of the molecule is Cc1cc(C2(C)CCCN2)cc(C(F)F)c1O. The Morgan fingerprint density at radius 2 is 2.12 bits per heavy atom. The van der Waals surface area contributed by atoms with E-state index in [9.17, 15) is 13.9 Å². The largest absolute Gasteiger partial charge is 0.507 e. The maximum Gasteiger partial charge on any atom is 0.267 e. The van der Waals surface area contributed by atoms with E-state index in [0.29, 0.717) is 5.56 Å². The Labute approximate surface area is 99.7 Å². The van der Waals surface area contributed by atoms with Gasteiger partial charge in [-0.3, -0.25) is 0 Å². The van der Waals surface area contributed by atoms with Crippen LogP contribution < -0.4 is 5.32 Å². The molecule has 1 aromatic rings. The third-order valence-corrected chi connectivity index (χ3v) is 3.57. The van der Waals surface area contributed by atoms with Crippen molar-refractivity contribution >= 4 is 0 Å². The third-order valence-electron chi connectivity index (χ3n) is 3.57. The van der Waals surface area contributed by atoms with Gasteiger partial charge in [0, 0.05) is 5.54 Å². The van der Waals surface area contributed by atoms with Gasteiger partial charge in [-0.2, -0.15) is 0 Å². The molecule has 1 unspecified atom stereocenters. The zero-order chi connectivity index (χ0) is 12.6. The number of aromatic hydroxyl groups is 1. The Morgan fingerprint density at radius 3 is 2.65 bits per heavy atom. The van der Waals surface area contributed by atoms with Crippen LogP contribution in [0.2, 0.25) is 0 Å². The molecular formula is C13H17F2NO. The van der Waals surface area contributed by atoms with Crippen molar-refractivity contribution in [3.05, 3.63) is 28.8 Å². The van der Waals surface area contributed by atoms with Gasteiger partial charge >= 0.3 is 0 Å². The van der Waals surface area contributed by atoms with Crippen LogP contribution in [0.3, 0.4) is 0 Å². The minimum Gasteiger partial charge on any atom is -0.507 e. The summed E-state index contributed by atoms with van der Waals surface area (Å²) in [7, 11) is 0. The van der Waals surface area contributed by atoms with Gasteiger partial charge in [0.05, 0.1) is 5.56 Å². The summed E-state index contributed by atoms with van der Waals surface area (Å²) in [5.74, 6) is -0.287. The summed E-state index contributed by atoms with van der Waals surface area (Å²) < 4.78 is 25.6. The third kappa shape index (κ3) is 2.14. The van der Waals surface area contributed by atoms with Crippen LogP contribution in [0.4, 0.5) is 8.78 Å². The van der Waals surface area contributed by atoms with E-state index >= 15 is 0 Å². The maximum absolute atomic E-state index is 12.8. The maximum atomic E-state index is 12.8. The first-order valence-electron chi connectivity index (χ1n) is 5.81. The zero-order valence-corrected chi connectivity index (χ0v) is 10.1. The number of benzene rings is 1. The molecule has 4 heteroatoms. The van der Waals surface area contributed by atoms with Crippen LogP contribution in [0, 0.1) is 6.92 Å². The predicted octanol–water partition coefficient (Wildman–Crippen LogP) is 3.24. The van der Waals surface area contributed by atoms with E-state index in [0.717, 1.165) is 24.9 Å². The first kappa shape index (κ1) is 12.3. The molecule has 0 bridgehead atoms. The van der Waals surface area contributed by atoms with E-state index in [1.807, 2.05) is 6.92 Å². The van der Waals surface area contributed by atoms with Gasteiger partial charge < -0.3 is 10.4 Å². The molecule has 0 aliphatic carbocycles. The second kappa shape index (κ2) is 4.26. The highest BCUT2D eigenvalue weighted by atomic mass is 19.3. The van der Waals surface area contributed by atoms with Crippen molar-refractivity contribution < 1.29 is 13.9 Å². The Balaban J connectivity index is 2.49. The fraction of sp³-hybridized carbons (Fsp3) is 0.538. The van der Waals surface area contributed by atoms with Crippen molar-refractivity contribution in [2.24, 2.45) is 0 Å². The lowest BCUT2D eigenvalue weighted by atomic mass is 9.88. The lowest BCUT2D eigenvalue weighted by Crippen LogP contribution is -2.33. The van der Waals surface area contributed by atoms with Crippen LogP contribution in [-0.4, -0.2) is 11.7 Å². The highest BCUT2D eigenvalue weighted by molar-refractivity contribution is 5.45. The number of rotatable bonds is 2. The highest BCUT2D eigenvalue weighted by Crippen LogP contribution is 2.38. The summed E-state index contributed by atoms with van der Waals surface area (Å²) in [5.41, 5.74) is 0.825. The second-order valence-electron chi connectivity index (χ2n) is 4.89. The molecular weight excluding hydrogens is 224 g/mol. The van der Waals surface area contributed by atoms with Crippen LogP contribution in [0.15, 0.2) is 12.1 Å². The smallest absolute Gasteiger partial charge is 0.267 e. The fourth-order valence-electron chi connectivity index (χ4n) is 2.43. The lowest BCUT2D eigenvalue weighted by Gasteiger charge is -2.26. The van der Waals surface area contributed by atoms with Crippen LogP contribution in [0.1, 0.15) is 42.9 Å². The average Bonchev–Trinajstić information content (AvgIpc) is 2.69. The van der Waals surface area contributed by atoms with E-state index in [1.165, 1.54) is 6.07 Å². The molecule has 0 saturated carbocycles. The normalized spacial score (nSPS) is 24.5. The molecule has 2 N–H and O–H groups in total. The van der Waals surface area contributed by atoms with E-state index < -0.39 is 6.43 Å². The molecule has 1 aromatic carbocycles. The molecule has 0 radical (unpaired) electrons. The number of halogens is 2. The number of alkyl halides is 2. The molecule has 1 saturated heterocycles. The molecule has 1 aliphatic rings. The number of aryl methyl sites for hydroxylation is 1. The van der Waals surface area contributed by atoms with Crippen molar-refractivity contribution in [1.29, 1.82) is 0 Å². The number of phenolic OH excluding ortho intramolecular Hbond substituents is 1. The van der Waals surface area contributed by atoms with Gasteiger partial charge in [-0.15, -0.1) is 0 Å². The summed E-state index contributed by atoms with van der Waals surface area (Å²) in [6.45, 7) is 4.57. The predicted molar refractivity (Wildman–Crippen MR) is 62.4 cm³/mol. The standard InChI is InChI=1S/C13H17F2NO/c1-8-6-9(13(2)4-3-5-16-13)7-10(11(8)17)12(14)15/h6-7,12,16-17H,3-5H2,1-2H3. The summed E-state index contributed by atoms with van der Waals surface area (Å²) in [6.07, 6.45) is -0.668. The van der Waals surface area contributed by atoms with Gasteiger partial charge in [0.25, 0.3) is 6.43 Å². The highest BCUT2D eigenvalue weighted by Gasteiger charge is 2.31. The van der Waals surface area contributed by atoms with Crippen molar-refractivity contribution in [3.63, 3.8) is 0 Å². The Bertz CT molecular complexity index is 426. The van der Waals surface area contributed by atoms with Crippen LogP contribution in [0.5, 0.6) is 5.75 Å². The molecule has 0 amide bonds. The zero-order valence-electron chi connectivity index (χ0n) is 10.1. The summed E-state index contributed by atoms with van der Waals surface area (Å²) in [4.78, 5) is 0. The molecule has 2 rings (SSSR count). The van der Waals surface area contributed by atoms with E-state index in [2.05, 4.69) is 5.32 Å². The summed E-state index contributed by atoms with van der Waals surface area (Å²) in [6, 6.07) is 3.21. The van der Waals surface area contributed by atoms with Crippen LogP contribution >= 0.6 is 0 Å². The van der Waals surface area contributed by atoms with Gasteiger partial charge in [-0.05, 0) is 50.4 Å². The minimum absolute atomic E-state index is 0.248. The van der Waals surface area contributed by atoms with Crippen molar-refractivity contribution in [2.75, 3.05) is 6.54 Å². The van der Waals surface area contributed by atoms with Gasteiger partial charge in [-0.25, -0.2) is 8.78 Å². The van der Waals surface area contributed by atoms with Crippen LogP contribution in [0.25, 0.3) is 0 Å². The Kier molecular flexibility index (Phi) is 3.08.